The minimum atomic E-state index is -2.66. The molecule has 1 aromatic carbocycles. The SMILES string of the molecule is CN(CC(F)F)C(=O)N[C@H](Cc1ccccc1)C(=O)O. The molecule has 110 valence electrons. The fraction of sp³-hybridized carbons (Fsp3) is 0.385. The van der Waals surface area contributed by atoms with Crippen molar-refractivity contribution in [3.8, 4) is 0 Å². The number of carbonyl (C=O) groups excluding carboxylic acids is 1. The van der Waals surface area contributed by atoms with Gasteiger partial charge in [-0.1, -0.05) is 30.3 Å². The maximum absolute atomic E-state index is 12.2. The molecule has 0 unspecified atom stereocenters. The molecule has 1 aromatic rings. The minimum absolute atomic E-state index is 0.0877. The van der Waals surface area contributed by atoms with Crippen LogP contribution in [0.4, 0.5) is 13.6 Å². The molecular formula is C13H16F2N2O3. The zero-order valence-corrected chi connectivity index (χ0v) is 10.9. The van der Waals surface area contributed by atoms with Crippen LogP contribution in [0.1, 0.15) is 5.56 Å². The first-order valence-corrected chi connectivity index (χ1v) is 5.96. The summed E-state index contributed by atoms with van der Waals surface area (Å²) in [5, 5.41) is 11.3. The molecule has 0 heterocycles. The van der Waals surface area contributed by atoms with Gasteiger partial charge in [0.1, 0.15) is 6.04 Å². The molecule has 0 aliphatic heterocycles. The van der Waals surface area contributed by atoms with Gasteiger partial charge < -0.3 is 15.3 Å². The van der Waals surface area contributed by atoms with E-state index in [1.807, 2.05) is 0 Å². The van der Waals surface area contributed by atoms with E-state index in [4.69, 9.17) is 5.11 Å². The van der Waals surface area contributed by atoms with Gasteiger partial charge in [-0.25, -0.2) is 18.4 Å². The van der Waals surface area contributed by atoms with Crippen LogP contribution in [0.3, 0.4) is 0 Å². The Hall–Kier alpha value is -2.18. The molecule has 0 aromatic heterocycles. The molecule has 1 atom stereocenters. The Morgan fingerprint density at radius 3 is 2.40 bits per heavy atom. The third-order valence-corrected chi connectivity index (χ3v) is 2.64. The molecule has 0 radical (unpaired) electrons. The fourth-order valence-electron chi connectivity index (χ4n) is 1.60. The summed E-state index contributed by atoms with van der Waals surface area (Å²) in [5.74, 6) is -1.22. The lowest BCUT2D eigenvalue weighted by Gasteiger charge is -2.21. The van der Waals surface area contributed by atoms with Crippen LogP contribution in [0.2, 0.25) is 0 Å². The summed E-state index contributed by atoms with van der Waals surface area (Å²) in [5.41, 5.74) is 0.733. The Balaban J connectivity index is 2.64. The van der Waals surface area contributed by atoms with Crippen molar-refractivity contribution in [3.63, 3.8) is 0 Å². The Morgan fingerprint density at radius 2 is 1.90 bits per heavy atom. The van der Waals surface area contributed by atoms with Crippen molar-refractivity contribution in [1.82, 2.24) is 10.2 Å². The van der Waals surface area contributed by atoms with Crippen molar-refractivity contribution in [3.05, 3.63) is 35.9 Å². The van der Waals surface area contributed by atoms with Crippen molar-refractivity contribution in [2.75, 3.05) is 13.6 Å². The number of carboxylic acids is 1. The summed E-state index contributed by atoms with van der Waals surface area (Å²) in [7, 11) is 1.18. The number of hydrogen-bond donors (Lipinski definition) is 2. The number of nitrogens with one attached hydrogen (secondary N) is 1. The Kier molecular flexibility index (Phi) is 5.89. The highest BCUT2D eigenvalue weighted by molar-refractivity contribution is 5.82. The molecule has 20 heavy (non-hydrogen) atoms. The molecule has 5 nitrogen and oxygen atoms in total. The van der Waals surface area contributed by atoms with Crippen molar-refractivity contribution in [2.45, 2.75) is 18.9 Å². The Bertz CT molecular complexity index is 454. The van der Waals surface area contributed by atoms with Crippen molar-refractivity contribution in [2.24, 2.45) is 0 Å². The van der Waals surface area contributed by atoms with E-state index in [9.17, 15) is 18.4 Å². The van der Waals surface area contributed by atoms with Crippen LogP contribution in [0.15, 0.2) is 30.3 Å². The van der Waals surface area contributed by atoms with E-state index in [0.29, 0.717) is 0 Å². The second-order valence-corrected chi connectivity index (χ2v) is 4.30. The van der Waals surface area contributed by atoms with Gasteiger partial charge in [-0.05, 0) is 5.56 Å². The van der Waals surface area contributed by atoms with Gasteiger partial charge in [0.05, 0.1) is 6.54 Å². The zero-order valence-electron chi connectivity index (χ0n) is 10.9. The first-order valence-electron chi connectivity index (χ1n) is 5.96. The van der Waals surface area contributed by atoms with Gasteiger partial charge in [-0.3, -0.25) is 0 Å². The monoisotopic (exact) mass is 286 g/mol. The minimum Gasteiger partial charge on any atom is -0.480 e. The first kappa shape index (κ1) is 15.9. The highest BCUT2D eigenvalue weighted by Crippen LogP contribution is 2.04. The normalized spacial score (nSPS) is 12.0. The first-order chi connectivity index (χ1) is 9.40. The number of urea groups is 1. The van der Waals surface area contributed by atoms with Crippen LogP contribution < -0.4 is 5.32 Å². The molecule has 0 aliphatic rings. The molecule has 0 bridgehead atoms. The highest BCUT2D eigenvalue weighted by Gasteiger charge is 2.23. The fourth-order valence-corrected chi connectivity index (χ4v) is 1.60. The molecule has 0 aliphatic carbocycles. The summed E-state index contributed by atoms with van der Waals surface area (Å²) in [6.07, 6.45) is -2.58. The van der Waals surface area contributed by atoms with E-state index >= 15 is 0 Å². The van der Waals surface area contributed by atoms with Crippen LogP contribution >= 0.6 is 0 Å². The lowest BCUT2D eigenvalue weighted by molar-refractivity contribution is -0.139. The van der Waals surface area contributed by atoms with Crippen LogP contribution in [-0.4, -0.2) is 48.1 Å². The number of carbonyl (C=O) groups is 2. The molecule has 2 amide bonds. The van der Waals surface area contributed by atoms with Crippen LogP contribution in [0.5, 0.6) is 0 Å². The molecule has 1 rings (SSSR count). The number of aliphatic carboxylic acids is 1. The number of halogens is 2. The average molecular weight is 286 g/mol. The standard InChI is InChI=1S/C13H16F2N2O3/c1-17(8-11(14)15)13(20)16-10(12(18)19)7-9-5-3-2-4-6-9/h2-6,10-11H,7-8H2,1H3,(H,16,20)(H,18,19)/t10-/m1/s1. The topological polar surface area (TPSA) is 69.6 Å². The highest BCUT2D eigenvalue weighted by atomic mass is 19.3. The lowest BCUT2D eigenvalue weighted by atomic mass is 10.1. The average Bonchev–Trinajstić information content (AvgIpc) is 2.38. The molecular weight excluding hydrogens is 270 g/mol. The largest absolute Gasteiger partial charge is 0.480 e. The maximum Gasteiger partial charge on any atom is 0.326 e. The van der Waals surface area contributed by atoms with Crippen LogP contribution in [0.25, 0.3) is 0 Å². The van der Waals surface area contributed by atoms with Gasteiger partial charge >= 0.3 is 12.0 Å². The quantitative estimate of drug-likeness (QED) is 0.834. The van der Waals surface area contributed by atoms with E-state index in [1.54, 1.807) is 30.3 Å². The van der Waals surface area contributed by atoms with Gasteiger partial charge in [0.25, 0.3) is 6.43 Å². The Labute approximate surface area is 115 Å². The molecule has 0 spiro atoms. The zero-order chi connectivity index (χ0) is 15.1. The molecule has 0 saturated carbocycles. The predicted molar refractivity (Wildman–Crippen MR) is 68.7 cm³/mol. The van der Waals surface area contributed by atoms with E-state index in [2.05, 4.69) is 5.32 Å². The Morgan fingerprint density at radius 1 is 1.30 bits per heavy atom. The maximum atomic E-state index is 12.2. The number of rotatable bonds is 6. The van der Waals surface area contributed by atoms with E-state index < -0.39 is 31.0 Å². The molecule has 7 heteroatoms. The second-order valence-electron chi connectivity index (χ2n) is 4.30. The van der Waals surface area contributed by atoms with Gasteiger partial charge in [0.15, 0.2) is 0 Å². The number of alkyl halides is 2. The van der Waals surface area contributed by atoms with E-state index in [0.717, 1.165) is 10.5 Å². The third kappa shape index (κ3) is 5.21. The van der Waals surface area contributed by atoms with E-state index in [1.165, 1.54) is 7.05 Å². The van der Waals surface area contributed by atoms with Gasteiger partial charge in [-0.15, -0.1) is 0 Å². The van der Waals surface area contributed by atoms with Crippen molar-refractivity contribution < 1.29 is 23.5 Å². The number of nitrogens with zero attached hydrogens (tertiary/aromatic N) is 1. The molecule has 2 N–H and O–H groups in total. The predicted octanol–water partition coefficient (Wildman–Crippen LogP) is 1.59. The van der Waals surface area contributed by atoms with Gasteiger partial charge in [0.2, 0.25) is 0 Å². The number of amides is 2. The van der Waals surface area contributed by atoms with Crippen molar-refractivity contribution >= 4 is 12.0 Å². The summed E-state index contributed by atoms with van der Waals surface area (Å²) in [6, 6.07) is 6.74. The lowest BCUT2D eigenvalue weighted by Crippen LogP contribution is -2.48. The second kappa shape index (κ2) is 7.42. The number of benzene rings is 1. The van der Waals surface area contributed by atoms with Crippen LogP contribution in [-0.2, 0) is 11.2 Å². The number of hydrogen-bond acceptors (Lipinski definition) is 2. The summed E-state index contributed by atoms with van der Waals surface area (Å²) in [6.45, 7) is -0.747. The summed E-state index contributed by atoms with van der Waals surface area (Å²) >= 11 is 0. The van der Waals surface area contributed by atoms with E-state index in [-0.39, 0.29) is 6.42 Å². The number of carboxylic acid groups (broad SMARTS) is 1. The van der Waals surface area contributed by atoms with Crippen molar-refractivity contribution in [1.29, 1.82) is 0 Å². The summed E-state index contributed by atoms with van der Waals surface area (Å²) in [4.78, 5) is 23.5. The van der Waals surface area contributed by atoms with Gasteiger partial charge in [-0.2, -0.15) is 0 Å². The molecule has 0 saturated heterocycles. The molecule has 0 fully saturated rings. The third-order valence-electron chi connectivity index (χ3n) is 2.64. The smallest absolute Gasteiger partial charge is 0.326 e. The summed E-state index contributed by atoms with van der Waals surface area (Å²) < 4.78 is 24.3. The van der Waals surface area contributed by atoms with Gasteiger partial charge in [0, 0.05) is 13.5 Å². The van der Waals surface area contributed by atoms with Crippen LogP contribution in [0, 0.1) is 0 Å².